The number of carbonyl (C=O) groups excluding carboxylic acids is 1. The van der Waals surface area contributed by atoms with E-state index in [0.29, 0.717) is 11.5 Å². The Bertz CT molecular complexity index is 720. The number of hydrogen-bond acceptors (Lipinski definition) is 3. The molecular weight excluding hydrogens is 276 g/mol. The van der Waals surface area contributed by atoms with Gasteiger partial charge in [0.25, 0.3) is 0 Å². The zero-order valence-electron chi connectivity index (χ0n) is 13.2. The zero-order valence-corrected chi connectivity index (χ0v) is 13.2. The van der Waals surface area contributed by atoms with Crippen LogP contribution in [0, 0.1) is 0 Å². The molecule has 0 heterocycles. The Labute approximate surface area is 130 Å². The Kier molecular flexibility index (Phi) is 3.65. The van der Waals surface area contributed by atoms with E-state index < -0.39 is 5.41 Å². The summed E-state index contributed by atoms with van der Waals surface area (Å²) in [6, 6.07) is 13.6. The Morgan fingerprint density at radius 2 is 1.73 bits per heavy atom. The summed E-state index contributed by atoms with van der Waals surface area (Å²) in [5.41, 5.74) is 2.44. The molecule has 3 rings (SSSR count). The first-order chi connectivity index (χ1) is 10.6. The van der Waals surface area contributed by atoms with Gasteiger partial charge in [-0.3, -0.25) is 4.79 Å². The number of benzene rings is 2. The van der Waals surface area contributed by atoms with Crippen molar-refractivity contribution in [3.63, 3.8) is 0 Å². The van der Waals surface area contributed by atoms with E-state index in [2.05, 4.69) is 0 Å². The fourth-order valence-electron chi connectivity index (χ4n) is 3.21. The maximum absolute atomic E-state index is 13.0. The number of ether oxygens (including phenoxy) is 2. The molecule has 0 amide bonds. The molecule has 0 unspecified atom stereocenters. The van der Waals surface area contributed by atoms with Crippen LogP contribution < -0.4 is 9.47 Å². The minimum absolute atomic E-state index is 0.182. The van der Waals surface area contributed by atoms with Gasteiger partial charge in [-0.1, -0.05) is 30.3 Å². The van der Waals surface area contributed by atoms with Gasteiger partial charge in [0.2, 0.25) is 0 Å². The molecule has 3 nitrogen and oxygen atoms in total. The number of aryl methyl sites for hydroxylation is 1. The van der Waals surface area contributed by atoms with E-state index in [1.807, 2.05) is 49.4 Å². The summed E-state index contributed by atoms with van der Waals surface area (Å²) < 4.78 is 10.7. The maximum atomic E-state index is 13.0. The van der Waals surface area contributed by atoms with Gasteiger partial charge in [-0.25, -0.2) is 0 Å². The van der Waals surface area contributed by atoms with Crippen molar-refractivity contribution in [1.29, 1.82) is 0 Å². The van der Waals surface area contributed by atoms with Gasteiger partial charge in [0.15, 0.2) is 17.3 Å². The fraction of sp³-hybridized carbons (Fsp3) is 0.316. The molecule has 1 atom stereocenters. The van der Waals surface area contributed by atoms with Crippen molar-refractivity contribution < 1.29 is 14.3 Å². The van der Waals surface area contributed by atoms with Gasteiger partial charge in [-0.2, -0.15) is 0 Å². The van der Waals surface area contributed by atoms with Gasteiger partial charge >= 0.3 is 0 Å². The molecule has 0 aliphatic heterocycles. The highest BCUT2D eigenvalue weighted by molar-refractivity contribution is 6.06. The standard InChI is InChI=1S/C19H20O3/c1-19(14-8-9-16(21-2)17(12-14)22-3)11-10-13-6-4-5-7-15(13)18(19)20/h4-9,12H,10-11H2,1-3H3/t19-/m1/s1. The molecule has 1 aliphatic rings. The first-order valence-corrected chi connectivity index (χ1v) is 7.45. The van der Waals surface area contributed by atoms with Crippen molar-refractivity contribution in [3.05, 3.63) is 59.2 Å². The predicted octanol–water partition coefficient (Wildman–Crippen LogP) is 3.79. The van der Waals surface area contributed by atoms with E-state index in [1.54, 1.807) is 14.2 Å². The number of fused-ring (bicyclic) bond motifs is 1. The molecule has 2 aromatic carbocycles. The van der Waals surface area contributed by atoms with Crippen LogP contribution in [0.15, 0.2) is 42.5 Å². The largest absolute Gasteiger partial charge is 0.493 e. The van der Waals surface area contributed by atoms with Crippen molar-refractivity contribution in [2.75, 3.05) is 14.2 Å². The zero-order chi connectivity index (χ0) is 15.7. The molecule has 0 fully saturated rings. The third kappa shape index (κ3) is 2.17. The van der Waals surface area contributed by atoms with Crippen LogP contribution in [0.5, 0.6) is 11.5 Å². The van der Waals surface area contributed by atoms with Crippen LogP contribution in [0.25, 0.3) is 0 Å². The maximum Gasteiger partial charge on any atom is 0.173 e. The summed E-state index contributed by atoms with van der Waals surface area (Å²) in [5, 5.41) is 0. The van der Waals surface area contributed by atoms with Gasteiger partial charge in [0.1, 0.15) is 0 Å². The summed E-state index contributed by atoms with van der Waals surface area (Å²) >= 11 is 0. The summed E-state index contributed by atoms with van der Waals surface area (Å²) in [4.78, 5) is 13.0. The lowest BCUT2D eigenvalue weighted by atomic mass is 9.68. The lowest BCUT2D eigenvalue weighted by Gasteiger charge is -2.34. The highest BCUT2D eigenvalue weighted by Crippen LogP contribution is 2.41. The van der Waals surface area contributed by atoms with E-state index >= 15 is 0 Å². The number of rotatable bonds is 3. The van der Waals surface area contributed by atoms with Gasteiger partial charge < -0.3 is 9.47 Å². The van der Waals surface area contributed by atoms with E-state index in [9.17, 15) is 4.79 Å². The molecule has 1 aliphatic carbocycles. The lowest BCUT2D eigenvalue weighted by molar-refractivity contribution is 0.0875. The molecule has 0 spiro atoms. The molecule has 22 heavy (non-hydrogen) atoms. The fourth-order valence-corrected chi connectivity index (χ4v) is 3.21. The van der Waals surface area contributed by atoms with Crippen molar-refractivity contribution >= 4 is 5.78 Å². The number of carbonyl (C=O) groups is 1. The molecule has 0 N–H and O–H groups in total. The molecule has 0 saturated heterocycles. The van der Waals surface area contributed by atoms with Crippen LogP contribution in [0.3, 0.4) is 0 Å². The molecule has 0 saturated carbocycles. The van der Waals surface area contributed by atoms with E-state index in [0.717, 1.165) is 29.5 Å². The van der Waals surface area contributed by atoms with Crippen LogP contribution in [-0.2, 0) is 11.8 Å². The Morgan fingerprint density at radius 3 is 2.45 bits per heavy atom. The van der Waals surface area contributed by atoms with Crippen LogP contribution in [0.4, 0.5) is 0 Å². The third-order valence-electron chi connectivity index (χ3n) is 4.68. The number of hydrogen-bond donors (Lipinski definition) is 0. The normalized spacial score (nSPS) is 20.4. The molecular formula is C19H20O3. The third-order valence-corrected chi connectivity index (χ3v) is 4.68. The smallest absolute Gasteiger partial charge is 0.173 e. The predicted molar refractivity (Wildman–Crippen MR) is 86.0 cm³/mol. The van der Waals surface area contributed by atoms with Gasteiger partial charge in [-0.05, 0) is 43.0 Å². The van der Waals surface area contributed by atoms with Crippen LogP contribution in [0.2, 0.25) is 0 Å². The molecule has 3 heteroatoms. The molecule has 0 radical (unpaired) electrons. The summed E-state index contributed by atoms with van der Waals surface area (Å²) in [6.45, 7) is 2.02. The minimum atomic E-state index is -0.520. The number of Topliss-reactive ketones (excluding diaryl/α,β-unsaturated/α-hetero) is 1. The highest BCUT2D eigenvalue weighted by atomic mass is 16.5. The van der Waals surface area contributed by atoms with Crippen LogP contribution in [0.1, 0.15) is 34.8 Å². The highest BCUT2D eigenvalue weighted by Gasteiger charge is 2.40. The first-order valence-electron chi connectivity index (χ1n) is 7.45. The second-order valence-corrected chi connectivity index (χ2v) is 5.89. The average molecular weight is 296 g/mol. The van der Waals surface area contributed by atoms with Crippen molar-refractivity contribution in [2.24, 2.45) is 0 Å². The van der Waals surface area contributed by atoms with Crippen molar-refractivity contribution in [3.8, 4) is 11.5 Å². The minimum Gasteiger partial charge on any atom is -0.493 e. The quantitative estimate of drug-likeness (QED) is 0.864. The van der Waals surface area contributed by atoms with Gasteiger partial charge in [0.05, 0.1) is 19.6 Å². The Morgan fingerprint density at radius 1 is 1.00 bits per heavy atom. The summed E-state index contributed by atoms with van der Waals surface area (Å²) in [5.74, 6) is 1.52. The van der Waals surface area contributed by atoms with Gasteiger partial charge in [0, 0.05) is 5.56 Å². The SMILES string of the molecule is COc1ccc([C@@]2(C)CCc3ccccc3C2=O)cc1OC. The topological polar surface area (TPSA) is 35.5 Å². The van der Waals surface area contributed by atoms with E-state index in [4.69, 9.17) is 9.47 Å². The molecule has 0 bridgehead atoms. The molecule has 0 aromatic heterocycles. The molecule has 2 aromatic rings. The average Bonchev–Trinajstić information content (AvgIpc) is 2.58. The second kappa shape index (κ2) is 5.48. The summed E-state index contributed by atoms with van der Waals surface area (Å²) in [7, 11) is 3.23. The Balaban J connectivity index is 2.06. The lowest BCUT2D eigenvalue weighted by Crippen LogP contribution is -2.37. The van der Waals surface area contributed by atoms with Gasteiger partial charge in [-0.15, -0.1) is 0 Å². The first kappa shape index (κ1) is 14.6. The van der Waals surface area contributed by atoms with Crippen molar-refractivity contribution in [2.45, 2.75) is 25.2 Å². The monoisotopic (exact) mass is 296 g/mol. The summed E-state index contributed by atoms with van der Waals surface area (Å²) in [6.07, 6.45) is 1.71. The molecule has 114 valence electrons. The van der Waals surface area contributed by atoms with Crippen LogP contribution >= 0.6 is 0 Å². The van der Waals surface area contributed by atoms with E-state index in [-0.39, 0.29) is 5.78 Å². The Hall–Kier alpha value is -2.29. The van der Waals surface area contributed by atoms with E-state index in [1.165, 1.54) is 0 Å². The second-order valence-electron chi connectivity index (χ2n) is 5.89. The van der Waals surface area contributed by atoms with Crippen LogP contribution in [-0.4, -0.2) is 20.0 Å². The van der Waals surface area contributed by atoms with Crippen molar-refractivity contribution in [1.82, 2.24) is 0 Å². The number of methoxy groups -OCH3 is 2. The number of ketones is 1.